The van der Waals surface area contributed by atoms with E-state index in [0.29, 0.717) is 30.0 Å². The molecule has 2 N–H and O–H groups in total. The van der Waals surface area contributed by atoms with Crippen LogP contribution in [0.1, 0.15) is 35.7 Å². The summed E-state index contributed by atoms with van der Waals surface area (Å²) in [5, 5.41) is 3.28. The second-order valence-corrected chi connectivity index (χ2v) is 8.11. The van der Waals surface area contributed by atoms with Gasteiger partial charge in [-0.1, -0.05) is 36.4 Å². The number of anilines is 1. The van der Waals surface area contributed by atoms with E-state index in [0.717, 1.165) is 41.6 Å². The molecular weight excluding hydrogens is 446 g/mol. The predicted octanol–water partition coefficient (Wildman–Crippen LogP) is 5.53. The topological polar surface area (TPSA) is 76.1 Å². The molecule has 0 atom stereocenters. The number of carbonyl (C=O) groups excluding carboxylic acids is 1. The highest BCUT2D eigenvalue weighted by atomic mass is 32.2. The fourth-order valence-electron chi connectivity index (χ4n) is 3.24. The van der Waals surface area contributed by atoms with E-state index in [1.807, 2.05) is 44.3 Å². The van der Waals surface area contributed by atoms with Crippen LogP contribution in [0.15, 0.2) is 60.9 Å². The molecule has 2 aromatic carbocycles. The van der Waals surface area contributed by atoms with Crippen LogP contribution in [0.25, 0.3) is 11.3 Å². The summed E-state index contributed by atoms with van der Waals surface area (Å²) >= 11 is 0.428. The SMILES string of the molecule is CCOc1cncc(-c2ccc(C=O)cc2)n1.CNC1(c2cccc(NSC(F)F)c2)CC1. The molecule has 0 aliphatic heterocycles. The minimum Gasteiger partial charge on any atom is -0.477 e. The van der Waals surface area contributed by atoms with Crippen molar-refractivity contribution in [1.82, 2.24) is 15.3 Å². The number of hydrogen-bond donors (Lipinski definition) is 2. The molecule has 0 unspecified atom stereocenters. The Hall–Kier alpha value is -3.04. The van der Waals surface area contributed by atoms with Crippen molar-refractivity contribution in [1.29, 1.82) is 0 Å². The van der Waals surface area contributed by atoms with Gasteiger partial charge >= 0.3 is 5.76 Å². The molecule has 1 saturated carbocycles. The zero-order chi connectivity index (χ0) is 23.7. The molecule has 1 heterocycles. The molecule has 1 fully saturated rings. The van der Waals surface area contributed by atoms with E-state index in [-0.39, 0.29) is 5.54 Å². The van der Waals surface area contributed by atoms with E-state index < -0.39 is 5.76 Å². The number of aromatic nitrogens is 2. The van der Waals surface area contributed by atoms with Gasteiger partial charge in [0.05, 0.1) is 24.7 Å². The van der Waals surface area contributed by atoms with Crippen molar-refractivity contribution in [3.63, 3.8) is 0 Å². The lowest BCUT2D eigenvalue weighted by Crippen LogP contribution is -2.24. The summed E-state index contributed by atoms with van der Waals surface area (Å²) in [5.74, 6) is -1.90. The normalized spacial score (nSPS) is 13.6. The van der Waals surface area contributed by atoms with Crippen LogP contribution in [0.2, 0.25) is 0 Å². The van der Waals surface area contributed by atoms with E-state index in [2.05, 4.69) is 20.0 Å². The van der Waals surface area contributed by atoms with Crippen LogP contribution < -0.4 is 14.8 Å². The van der Waals surface area contributed by atoms with Crippen molar-refractivity contribution < 1.29 is 18.3 Å². The third-order valence-electron chi connectivity index (χ3n) is 5.16. The van der Waals surface area contributed by atoms with Crippen LogP contribution in [0.5, 0.6) is 5.88 Å². The molecule has 0 spiro atoms. The molecule has 0 radical (unpaired) electrons. The second-order valence-electron chi connectivity index (χ2n) is 7.31. The first kappa shape index (κ1) is 24.6. The Morgan fingerprint density at radius 1 is 1.18 bits per heavy atom. The molecule has 33 heavy (non-hydrogen) atoms. The van der Waals surface area contributed by atoms with Crippen molar-refractivity contribution >= 4 is 23.9 Å². The Kier molecular flexibility index (Phi) is 8.73. The van der Waals surface area contributed by atoms with Gasteiger partial charge in [0.1, 0.15) is 6.29 Å². The van der Waals surface area contributed by atoms with E-state index in [4.69, 9.17) is 4.74 Å². The van der Waals surface area contributed by atoms with Gasteiger partial charge in [-0.25, -0.2) is 4.98 Å². The first-order valence-electron chi connectivity index (χ1n) is 10.5. The quantitative estimate of drug-likeness (QED) is 0.313. The Labute approximate surface area is 196 Å². The van der Waals surface area contributed by atoms with Crippen molar-refractivity contribution in [3.8, 4) is 17.1 Å². The van der Waals surface area contributed by atoms with Gasteiger partial charge in [0, 0.05) is 34.3 Å². The number of nitrogens with zero attached hydrogens (tertiary/aromatic N) is 2. The Bertz CT molecular complexity index is 1050. The molecule has 1 aliphatic carbocycles. The highest BCUT2D eigenvalue weighted by Crippen LogP contribution is 2.45. The predicted molar refractivity (Wildman–Crippen MR) is 128 cm³/mol. The summed E-state index contributed by atoms with van der Waals surface area (Å²) in [6.07, 6.45) is 6.27. The number of alkyl halides is 2. The maximum atomic E-state index is 12.0. The molecule has 9 heteroatoms. The summed E-state index contributed by atoms with van der Waals surface area (Å²) in [6.45, 7) is 2.45. The molecule has 1 aromatic heterocycles. The van der Waals surface area contributed by atoms with Gasteiger partial charge in [-0.05, 0) is 44.5 Å². The number of rotatable bonds is 9. The van der Waals surface area contributed by atoms with Crippen molar-refractivity contribution in [2.24, 2.45) is 0 Å². The fraction of sp³-hybridized carbons (Fsp3) is 0.292. The fourth-order valence-corrected chi connectivity index (χ4v) is 3.59. The largest absolute Gasteiger partial charge is 0.477 e. The van der Waals surface area contributed by atoms with E-state index in [9.17, 15) is 13.6 Å². The molecule has 4 rings (SSSR count). The molecule has 0 saturated heterocycles. The van der Waals surface area contributed by atoms with E-state index >= 15 is 0 Å². The van der Waals surface area contributed by atoms with Gasteiger partial charge in [0.25, 0.3) is 0 Å². The number of carbonyl (C=O) groups is 1. The van der Waals surface area contributed by atoms with Crippen LogP contribution in [-0.4, -0.2) is 35.7 Å². The zero-order valence-corrected chi connectivity index (χ0v) is 19.2. The molecular formula is C24H26F2N4O2S. The van der Waals surface area contributed by atoms with Gasteiger partial charge in [0.2, 0.25) is 5.88 Å². The van der Waals surface area contributed by atoms with Crippen LogP contribution in [0.3, 0.4) is 0 Å². The molecule has 0 bridgehead atoms. The number of halogens is 2. The Balaban J connectivity index is 0.000000186. The number of ether oxygens (including phenoxy) is 1. The van der Waals surface area contributed by atoms with Gasteiger partial charge in [-0.15, -0.1) is 0 Å². The zero-order valence-electron chi connectivity index (χ0n) is 18.4. The second kappa shape index (κ2) is 11.7. The maximum absolute atomic E-state index is 12.0. The highest BCUT2D eigenvalue weighted by Gasteiger charge is 2.42. The summed E-state index contributed by atoms with van der Waals surface area (Å²) in [6, 6.07) is 14.8. The minimum absolute atomic E-state index is 0.0766. The van der Waals surface area contributed by atoms with Crippen LogP contribution >= 0.6 is 11.9 Å². The molecule has 3 aromatic rings. The first-order valence-corrected chi connectivity index (χ1v) is 11.4. The summed E-state index contributed by atoms with van der Waals surface area (Å²) in [5.41, 5.74) is 4.24. The lowest BCUT2D eigenvalue weighted by Gasteiger charge is -2.15. The number of nitrogens with one attached hydrogen (secondary N) is 2. The lowest BCUT2D eigenvalue weighted by molar-refractivity contribution is 0.112. The van der Waals surface area contributed by atoms with Gasteiger partial charge in [-0.3, -0.25) is 9.78 Å². The van der Waals surface area contributed by atoms with Gasteiger partial charge in [-0.2, -0.15) is 8.78 Å². The first-order chi connectivity index (χ1) is 16.0. The maximum Gasteiger partial charge on any atom is 0.302 e. The van der Waals surface area contributed by atoms with Crippen LogP contribution in [-0.2, 0) is 5.54 Å². The average Bonchev–Trinajstić information content (AvgIpc) is 3.65. The van der Waals surface area contributed by atoms with Crippen molar-refractivity contribution in [2.75, 3.05) is 18.4 Å². The average molecular weight is 473 g/mol. The summed E-state index contributed by atoms with van der Waals surface area (Å²) in [4.78, 5) is 18.9. The smallest absolute Gasteiger partial charge is 0.302 e. The van der Waals surface area contributed by atoms with Gasteiger partial charge in [0.15, 0.2) is 0 Å². The standard InChI is InChI=1S/C13H12N2O2.C11H14F2N2S/c1-2-17-13-8-14-7-12(15-13)11-5-3-10(9-16)4-6-11;1-14-11(5-6-11)8-3-2-4-9(7-8)15-16-10(12)13/h3-9H,2H2,1H3;2-4,7,10,14-15H,5-6H2,1H3. The monoisotopic (exact) mass is 472 g/mol. The van der Waals surface area contributed by atoms with E-state index in [1.54, 1.807) is 30.6 Å². The third kappa shape index (κ3) is 6.97. The van der Waals surface area contributed by atoms with Crippen LogP contribution in [0.4, 0.5) is 14.5 Å². The number of hydrogen-bond acceptors (Lipinski definition) is 7. The molecule has 0 amide bonds. The van der Waals surface area contributed by atoms with Gasteiger partial charge < -0.3 is 14.8 Å². The Morgan fingerprint density at radius 2 is 1.94 bits per heavy atom. The highest BCUT2D eigenvalue weighted by molar-refractivity contribution is 8.00. The molecule has 174 valence electrons. The molecule has 6 nitrogen and oxygen atoms in total. The van der Waals surface area contributed by atoms with Crippen molar-refractivity contribution in [2.45, 2.75) is 31.1 Å². The Morgan fingerprint density at radius 3 is 2.55 bits per heavy atom. The third-order valence-corrected chi connectivity index (χ3v) is 5.69. The number of benzene rings is 2. The van der Waals surface area contributed by atoms with E-state index in [1.165, 1.54) is 0 Å². The summed E-state index contributed by atoms with van der Waals surface area (Å²) < 4.78 is 32.0. The molecule has 1 aliphatic rings. The van der Waals surface area contributed by atoms with Crippen molar-refractivity contribution in [3.05, 3.63) is 72.1 Å². The number of aldehydes is 1. The minimum atomic E-state index is -2.40. The van der Waals surface area contributed by atoms with Crippen LogP contribution in [0, 0.1) is 0 Å². The summed E-state index contributed by atoms with van der Waals surface area (Å²) in [7, 11) is 1.93. The lowest BCUT2D eigenvalue weighted by atomic mass is 10.0.